The van der Waals surface area contributed by atoms with Crippen LogP contribution in [-0.2, 0) is 16.6 Å². The van der Waals surface area contributed by atoms with Crippen LogP contribution < -0.4 is 4.72 Å². The molecular formula is C12H16FNO3S. The Bertz CT molecular complexity index is 571. The van der Waals surface area contributed by atoms with Crippen LogP contribution in [0.4, 0.5) is 4.39 Å². The van der Waals surface area contributed by atoms with Gasteiger partial charge in [0.15, 0.2) is 0 Å². The Morgan fingerprint density at radius 3 is 2.61 bits per heavy atom. The molecule has 0 amide bonds. The zero-order valence-electron chi connectivity index (χ0n) is 10.3. The van der Waals surface area contributed by atoms with E-state index in [0.717, 1.165) is 6.42 Å². The smallest absolute Gasteiger partial charge is 0.240 e. The maximum Gasteiger partial charge on any atom is 0.240 e. The van der Waals surface area contributed by atoms with E-state index >= 15 is 0 Å². The minimum Gasteiger partial charge on any atom is -0.392 e. The number of hydrogen-bond acceptors (Lipinski definition) is 3. The number of aliphatic hydroxyl groups is 1. The fourth-order valence-electron chi connectivity index (χ4n) is 1.83. The summed E-state index contributed by atoms with van der Waals surface area (Å²) in [7, 11) is -3.63. The molecule has 0 spiro atoms. The van der Waals surface area contributed by atoms with E-state index in [1.807, 2.05) is 6.92 Å². The van der Waals surface area contributed by atoms with Crippen molar-refractivity contribution in [2.24, 2.45) is 5.92 Å². The monoisotopic (exact) mass is 273 g/mol. The molecule has 2 atom stereocenters. The van der Waals surface area contributed by atoms with Gasteiger partial charge in [-0.25, -0.2) is 17.5 Å². The molecule has 0 aromatic heterocycles. The van der Waals surface area contributed by atoms with Gasteiger partial charge < -0.3 is 5.11 Å². The molecule has 0 heterocycles. The SMILES string of the molecule is Cc1cc(S(=O)(=O)NC2CC2C)cc(CO)c1F. The van der Waals surface area contributed by atoms with Crippen molar-refractivity contribution >= 4 is 10.0 Å². The summed E-state index contributed by atoms with van der Waals surface area (Å²) in [6.07, 6.45) is 0.826. The summed E-state index contributed by atoms with van der Waals surface area (Å²) >= 11 is 0. The number of aryl methyl sites for hydroxylation is 1. The Kier molecular flexibility index (Phi) is 3.44. The van der Waals surface area contributed by atoms with Crippen LogP contribution in [0, 0.1) is 18.7 Å². The minimum atomic E-state index is -3.63. The first-order valence-corrected chi connectivity index (χ1v) is 7.25. The molecule has 0 aliphatic heterocycles. The highest BCUT2D eigenvalue weighted by molar-refractivity contribution is 7.89. The molecule has 2 unspecified atom stereocenters. The van der Waals surface area contributed by atoms with Gasteiger partial charge in [0.2, 0.25) is 10.0 Å². The second kappa shape index (κ2) is 4.60. The Labute approximate surface area is 106 Å². The van der Waals surface area contributed by atoms with Crippen LogP contribution in [-0.4, -0.2) is 19.6 Å². The lowest BCUT2D eigenvalue weighted by molar-refractivity contribution is 0.275. The van der Waals surface area contributed by atoms with Crippen molar-refractivity contribution in [3.63, 3.8) is 0 Å². The highest BCUT2D eigenvalue weighted by atomic mass is 32.2. The molecule has 0 saturated heterocycles. The Hall–Kier alpha value is -0.980. The summed E-state index contributed by atoms with van der Waals surface area (Å²) in [5.74, 6) is -0.213. The van der Waals surface area contributed by atoms with Crippen molar-refractivity contribution in [3.8, 4) is 0 Å². The number of halogens is 1. The molecule has 1 aromatic rings. The van der Waals surface area contributed by atoms with Gasteiger partial charge in [0.05, 0.1) is 11.5 Å². The van der Waals surface area contributed by atoms with E-state index in [0.29, 0.717) is 5.92 Å². The van der Waals surface area contributed by atoms with Crippen molar-refractivity contribution in [1.29, 1.82) is 0 Å². The second-order valence-electron chi connectivity index (χ2n) is 4.81. The van der Waals surface area contributed by atoms with Gasteiger partial charge in [0.25, 0.3) is 0 Å². The van der Waals surface area contributed by atoms with Crippen LogP contribution in [0.25, 0.3) is 0 Å². The quantitative estimate of drug-likeness (QED) is 0.869. The topological polar surface area (TPSA) is 66.4 Å². The van der Waals surface area contributed by atoms with Gasteiger partial charge in [-0.1, -0.05) is 6.92 Å². The molecule has 1 fully saturated rings. The number of aliphatic hydroxyl groups excluding tert-OH is 1. The molecule has 0 bridgehead atoms. The summed E-state index contributed by atoms with van der Waals surface area (Å²) in [5, 5.41) is 9.01. The number of benzene rings is 1. The molecule has 1 aliphatic carbocycles. The molecule has 2 rings (SSSR count). The zero-order valence-corrected chi connectivity index (χ0v) is 11.1. The van der Waals surface area contributed by atoms with E-state index < -0.39 is 22.4 Å². The normalized spacial score (nSPS) is 23.1. The van der Waals surface area contributed by atoms with Crippen molar-refractivity contribution in [2.75, 3.05) is 0 Å². The second-order valence-corrected chi connectivity index (χ2v) is 6.53. The molecular weight excluding hydrogens is 257 g/mol. The van der Waals surface area contributed by atoms with Crippen molar-refractivity contribution in [1.82, 2.24) is 4.72 Å². The maximum absolute atomic E-state index is 13.5. The van der Waals surface area contributed by atoms with Crippen LogP contribution in [0.15, 0.2) is 17.0 Å². The van der Waals surface area contributed by atoms with Gasteiger partial charge in [0, 0.05) is 11.6 Å². The number of sulfonamides is 1. The molecule has 2 N–H and O–H groups in total. The Morgan fingerprint density at radius 2 is 2.11 bits per heavy atom. The highest BCUT2D eigenvalue weighted by Gasteiger charge is 2.36. The number of rotatable bonds is 4. The molecule has 100 valence electrons. The average Bonchev–Trinajstić information content (AvgIpc) is 2.96. The summed E-state index contributed by atoms with van der Waals surface area (Å²) in [5.41, 5.74) is 0.213. The van der Waals surface area contributed by atoms with E-state index in [1.165, 1.54) is 19.1 Å². The van der Waals surface area contributed by atoms with E-state index in [1.54, 1.807) is 0 Å². The van der Waals surface area contributed by atoms with Crippen LogP contribution in [0.5, 0.6) is 0 Å². The van der Waals surface area contributed by atoms with Crippen LogP contribution in [0.1, 0.15) is 24.5 Å². The highest BCUT2D eigenvalue weighted by Crippen LogP contribution is 2.31. The maximum atomic E-state index is 13.5. The fourth-order valence-corrected chi connectivity index (χ4v) is 3.32. The van der Waals surface area contributed by atoms with E-state index in [4.69, 9.17) is 5.11 Å². The van der Waals surface area contributed by atoms with Crippen LogP contribution in [0.3, 0.4) is 0 Å². The molecule has 4 nitrogen and oxygen atoms in total. The predicted molar refractivity (Wildman–Crippen MR) is 65.0 cm³/mol. The molecule has 0 radical (unpaired) electrons. The molecule has 1 aliphatic rings. The first kappa shape index (κ1) is 13.5. The third kappa shape index (κ3) is 2.55. The summed E-state index contributed by atoms with van der Waals surface area (Å²) in [6.45, 7) is 2.92. The lowest BCUT2D eigenvalue weighted by atomic mass is 10.1. The largest absolute Gasteiger partial charge is 0.392 e. The molecule has 1 aromatic carbocycles. The Balaban J connectivity index is 2.35. The van der Waals surface area contributed by atoms with Gasteiger partial charge in [-0.15, -0.1) is 0 Å². The number of nitrogens with one attached hydrogen (secondary N) is 1. The van der Waals surface area contributed by atoms with Crippen molar-refractivity contribution in [3.05, 3.63) is 29.1 Å². The van der Waals surface area contributed by atoms with Gasteiger partial charge >= 0.3 is 0 Å². The molecule has 18 heavy (non-hydrogen) atoms. The summed E-state index contributed by atoms with van der Waals surface area (Å²) in [6, 6.07) is 2.43. The predicted octanol–water partition coefficient (Wildman–Crippen LogP) is 1.31. The van der Waals surface area contributed by atoms with E-state index in [9.17, 15) is 12.8 Å². The first-order chi connectivity index (χ1) is 8.35. The van der Waals surface area contributed by atoms with Crippen molar-refractivity contribution in [2.45, 2.75) is 37.8 Å². The van der Waals surface area contributed by atoms with Gasteiger partial charge in [-0.2, -0.15) is 0 Å². The lowest BCUT2D eigenvalue weighted by Crippen LogP contribution is -2.27. The summed E-state index contributed by atoms with van der Waals surface area (Å²) < 4.78 is 40.2. The fraction of sp³-hybridized carbons (Fsp3) is 0.500. The van der Waals surface area contributed by atoms with Gasteiger partial charge in [-0.05, 0) is 37.0 Å². The van der Waals surface area contributed by atoms with E-state index in [-0.39, 0.29) is 22.1 Å². The van der Waals surface area contributed by atoms with Crippen LogP contribution in [0.2, 0.25) is 0 Å². The first-order valence-electron chi connectivity index (χ1n) is 5.77. The van der Waals surface area contributed by atoms with Crippen molar-refractivity contribution < 1.29 is 17.9 Å². The third-order valence-corrected chi connectivity index (χ3v) is 4.67. The molecule has 6 heteroatoms. The number of hydrogen-bond donors (Lipinski definition) is 2. The standard InChI is InChI=1S/C12H16FNO3S/c1-7-4-11(7)14-18(16,17)10-3-8(2)12(13)9(5-10)6-15/h3,5,7,11,14-15H,4,6H2,1-2H3. The average molecular weight is 273 g/mol. The third-order valence-electron chi connectivity index (χ3n) is 3.20. The van der Waals surface area contributed by atoms with Gasteiger partial charge in [-0.3, -0.25) is 0 Å². The lowest BCUT2D eigenvalue weighted by Gasteiger charge is -2.10. The van der Waals surface area contributed by atoms with Crippen LogP contribution >= 0.6 is 0 Å². The molecule has 1 saturated carbocycles. The van der Waals surface area contributed by atoms with Gasteiger partial charge in [0.1, 0.15) is 5.82 Å². The Morgan fingerprint density at radius 1 is 1.50 bits per heavy atom. The minimum absolute atomic E-state index is 0.000722. The summed E-state index contributed by atoms with van der Waals surface area (Å²) in [4.78, 5) is 0.00421. The van der Waals surface area contributed by atoms with E-state index in [2.05, 4.69) is 4.72 Å². The zero-order chi connectivity index (χ0) is 13.5.